The Morgan fingerprint density at radius 3 is 2.28 bits per heavy atom. The summed E-state index contributed by atoms with van der Waals surface area (Å²) in [6.07, 6.45) is -2.38. The smallest absolute Gasteiger partial charge is 0.440 e. The van der Waals surface area contributed by atoms with Gasteiger partial charge in [0.1, 0.15) is 17.3 Å². The number of benzene rings is 3. The topological polar surface area (TPSA) is 107 Å². The number of oxazole rings is 1. The van der Waals surface area contributed by atoms with E-state index in [4.69, 9.17) is 16.0 Å². The van der Waals surface area contributed by atoms with E-state index in [-0.39, 0.29) is 33.4 Å². The predicted molar refractivity (Wildman–Crippen MR) is 150 cm³/mol. The number of aliphatic hydroxyl groups excluding tert-OH is 1. The van der Waals surface area contributed by atoms with Crippen molar-refractivity contribution in [2.45, 2.75) is 31.7 Å². The molecule has 0 unspecified atom stereocenters. The Morgan fingerprint density at radius 1 is 1.02 bits per heavy atom. The maximum Gasteiger partial charge on any atom is 0.573 e. The van der Waals surface area contributed by atoms with Gasteiger partial charge in [0.2, 0.25) is 0 Å². The van der Waals surface area contributed by atoms with Crippen molar-refractivity contribution in [2.24, 2.45) is 0 Å². The zero-order chi connectivity index (χ0) is 31.3. The van der Waals surface area contributed by atoms with Gasteiger partial charge < -0.3 is 14.3 Å². The summed E-state index contributed by atoms with van der Waals surface area (Å²) < 4.78 is 89.4. The maximum atomic E-state index is 15.0. The van der Waals surface area contributed by atoms with Crippen molar-refractivity contribution in [1.29, 1.82) is 0 Å². The second-order valence-corrected chi connectivity index (χ2v) is 12.0. The molecule has 43 heavy (non-hydrogen) atoms. The van der Waals surface area contributed by atoms with Gasteiger partial charge in [-0.3, -0.25) is 0 Å². The van der Waals surface area contributed by atoms with Crippen LogP contribution < -0.4 is 4.74 Å². The normalized spacial score (nSPS) is 12.1. The highest BCUT2D eigenvalue weighted by atomic mass is 35.5. The van der Waals surface area contributed by atoms with E-state index in [1.54, 1.807) is 38.2 Å². The number of alkyl halides is 3. The van der Waals surface area contributed by atoms with Crippen LogP contribution in [0.15, 0.2) is 70.1 Å². The Balaban J connectivity index is 1.72. The lowest BCUT2D eigenvalue weighted by Gasteiger charge is -2.14. The Labute approximate surface area is 248 Å². The van der Waals surface area contributed by atoms with Gasteiger partial charge in [0, 0.05) is 36.1 Å². The molecule has 5 rings (SSSR count). The Morgan fingerprint density at radius 2 is 1.70 bits per heavy atom. The van der Waals surface area contributed by atoms with Gasteiger partial charge in [0.05, 0.1) is 27.9 Å². The first-order valence-corrected chi connectivity index (χ1v) is 14.8. The summed E-state index contributed by atoms with van der Waals surface area (Å²) in [6.45, 7) is 2.49. The summed E-state index contributed by atoms with van der Waals surface area (Å²) >= 11 is 6.27. The van der Waals surface area contributed by atoms with Crippen LogP contribution in [0.2, 0.25) is 5.02 Å². The van der Waals surface area contributed by atoms with Crippen LogP contribution in [0.25, 0.3) is 39.4 Å². The highest BCUT2D eigenvalue weighted by molar-refractivity contribution is 7.90. The highest BCUT2D eigenvalue weighted by Crippen LogP contribution is 2.40. The quantitative estimate of drug-likeness (QED) is 0.191. The Bertz CT molecular complexity index is 1930. The van der Waals surface area contributed by atoms with Gasteiger partial charge >= 0.3 is 6.36 Å². The molecule has 0 fully saturated rings. The molecule has 2 aromatic heterocycles. The molecule has 0 bridgehead atoms. The second-order valence-electron chi connectivity index (χ2n) is 9.59. The van der Waals surface area contributed by atoms with E-state index >= 15 is 4.39 Å². The molecule has 0 aliphatic rings. The van der Waals surface area contributed by atoms with Crippen molar-refractivity contribution in [3.05, 3.63) is 88.8 Å². The van der Waals surface area contributed by atoms with Crippen LogP contribution in [-0.4, -0.2) is 40.9 Å². The minimum atomic E-state index is -4.86. The molecule has 14 heteroatoms. The van der Waals surface area contributed by atoms with Gasteiger partial charge in [-0.2, -0.15) is 5.10 Å². The number of ether oxygens (including phenoxy) is 1. The number of aliphatic hydroxyl groups is 1. The molecule has 0 spiro atoms. The fraction of sp³-hybridized carbons (Fsp3) is 0.172. The lowest BCUT2D eigenvalue weighted by Crippen LogP contribution is -2.16. The number of rotatable bonds is 7. The van der Waals surface area contributed by atoms with Gasteiger partial charge in [-0.1, -0.05) is 17.7 Å². The fourth-order valence-corrected chi connectivity index (χ4v) is 5.62. The maximum absolute atomic E-state index is 15.0. The van der Waals surface area contributed by atoms with Crippen molar-refractivity contribution in [3.63, 3.8) is 0 Å². The molecule has 3 aromatic carbocycles. The van der Waals surface area contributed by atoms with Gasteiger partial charge in [-0.05, 0) is 66.6 Å². The van der Waals surface area contributed by atoms with Crippen LogP contribution in [0, 0.1) is 19.7 Å². The largest absolute Gasteiger partial charge is 0.573 e. The third kappa shape index (κ3) is 6.28. The van der Waals surface area contributed by atoms with Gasteiger partial charge in [0.25, 0.3) is 0 Å². The van der Waals surface area contributed by atoms with E-state index in [0.717, 1.165) is 24.5 Å². The van der Waals surface area contributed by atoms with E-state index in [0.29, 0.717) is 33.1 Å². The lowest BCUT2D eigenvalue weighted by atomic mass is 9.97. The van der Waals surface area contributed by atoms with E-state index in [1.807, 2.05) is 0 Å². The number of aryl methyl sites for hydroxylation is 2. The summed E-state index contributed by atoms with van der Waals surface area (Å²) in [5.41, 5.74) is 2.30. The second kappa shape index (κ2) is 11.1. The van der Waals surface area contributed by atoms with E-state index in [1.165, 1.54) is 22.9 Å². The third-order valence-electron chi connectivity index (χ3n) is 6.47. The molecule has 0 saturated heterocycles. The summed E-state index contributed by atoms with van der Waals surface area (Å²) in [7, 11) is -3.91. The Kier molecular flexibility index (Phi) is 7.84. The molecule has 0 saturated carbocycles. The SMILES string of the molecule is Cc1nc(-c2ccc(OC(F)(F)F)cc2)c(-c2cc(-c3cc(F)c(CO)c(S(C)(=O)=O)c3)ccc2-n2cc(Cl)c(C)n2)o1. The van der Waals surface area contributed by atoms with E-state index in [9.17, 15) is 26.7 Å². The van der Waals surface area contributed by atoms with E-state index in [2.05, 4.69) is 14.8 Å². The predicted octanol–water partition coefficient (Wildman–Crippen LogP) is 7.07. The molecule has 1 N–H and O–H groups in total. The first-order valence-electron chi connectivity index (χ1n) is 12.5. The minimum Gasteiger partial charge on any atom is -0.440 e. The molecule has 2 heterocycles. The summed E-state index contributed by atoms with van der Waals surface area (Å²) in [5.74, 6) is -0.876. The summed E-state index contributed by atoms with van der Waals surface area (Å²) in [4.78, 5) is 4.09. The molecule has 0 amide bonds. The highest BCUT2D eigenvalue weighted by Gasteiger charge is 2.31. The van der Waals surface area contributed by atoms with Crippen molar-refractivity contribution >= 4 is 21.4 Å². The number of halogens is 5. The van der Waals surface area contributed by atoms with E-state index < -0.39 is 34.4 Å². The van der Waals surface area contributed by atoms with Crippen LogP contribution in [-0.2, 0) is 16.4 Å². The number of aromatic nitrogens is 3. The van der Waals surface area contributed by atoms with Crippen LogP contribution in [0.3, 0.4) is 0 Å². The average molecular weight is 636 g/mol. The Hall–Kier alpha value is -4.20. The van der Waals surface area contributed by atoms with Crippen molar-refractivity contribution in [2.75, 3.05) is 6.26 Å². The monoisotopic (exact) mass is 635 g/mol. The van der Waals surface area contributed by atoms with Crippen LogP contribution >= 0.6 is 11.6 Å². The minimum absolute atomic E-state index is 0.198. The van der Waals surface area contributed by atoms with Gasteiger partial charge in [-0.15, -0.1) is 13.2 Å². The first kappa shape index (κ1) is 30.3. The molecule has 5 aromatic rings. The number of hydrogen-bond acceptors (Lipinski definition) is 7. The molecule has 224 valence electrons. The summed E-state index contributed by atoms with van der Waals surface area (Å²) in [6, 6.07) is 12.3. The number of nitrogens with zero attached hydrogens (tertiary/aromatic N) is 3. The zero-order valence-corrected chi connectivity index (χ0v) is 24.3. The van der Waals surface area contributed by atoms with Crippen LogP contribution in [0.5, 0.6) is 5.75 Å². The average Bonchev–Trinajstić information content (AvgIpc) is 3.48. The molecule has 0 radical (unpaired) electrons. The lowest BCUT2D eigenvalue weighted by molar-refractivity contribution is -0.274. The number of hydrogen-bond donors (Lipinski definition) is 1. The van der Waals surface area contributed by atoms with Crippen molar-refractivity contribution < 1.29 is 40.2 Å². The third-order valence-corrected chi connectivity index (χ3v) is 8.00. The van der Waals surface area contributed by atoms with Crippen molar-refractivity contribution in [3.8, 4) is 45.1 Å². The van der Waals surface area contributed by atoms with Crippen molar-refractivity contribution in [1.82, 2.24) is 14.8 Å². The number of sulfone groups is 1. The van der Waals surface area contributed by atoms with Crippen LogP contribution in [0.1, 0.15) is 17.1 Å². The summed E-state index contributed by atoms with van der Waals surface area (Å²) in [5, 5.41) is 14.4. The molecule has 8 nitrogen and oxygen atoms in total. The molecular formula is C29H22ClF4N3O5S. The van der Waals surface area contributed by atoms with Crippen LogP contribution in [0.4, 0.5) is 17.6 Å². The molecular weight excluding hydrogens is 614 g/mol. The van der Waals surface area contributed by atoms with Gasteiger partial charge in [-0.25, -0.2) is 22.5 Å². The molecule has 0 atom stereocenters. The molecule has 0 aliphatic heterocycles. The standard InChI is InChI=1S/C29H22ClF4N3O5S/c1-15-23(30)13-37(36-15)25-9-6-18(19-11-24(31)22(14-38)26(12-19)43(3,39)40)10-21(25)28-27(35-16(2)41-28)17-4-7-20(8-5-17)42-29(32,33)34/h4-13,38H,14H2,1-3H3. The fourth-order valence-electron chi connectivity index (χ4n) is 4.54. The zero-order valence-electron chi connectivity index (χ0n) is 22.7. The first-order chi connectivity index (χ1) is 20.1. The molecule has 0 aliphatic carbocycles. The van der Waals surface area contributed by atoms with Gasteiger partial charge in [0.15, 0.2) is 21.5 Å².